The highest BCUT2D eigenvalue weighted by Gasteiger charge is 2.05. The molecule has 0 aliphatic carbocycles. The number of aryl methyl sites for hydroxylation is 1. The Balaban J connectivity index is 2.27. The van der Waals surface area contributed by atoms with Gasteiger partial charge in [-0.25, -0.2) is 4.98 Å². The van der Waals surface area contributed by atoms with Crippen molar-refractivity contribution in [2.45, 2.75) is 6.92 Å². The number of hydrogen-bond acceptors (Lipinski definition) is 5. The first-order valence-electron chi connectivity index (χ1n) is 4.40. The van der Waals surface area contributed by atoms with Crippen LogP contribution in [-0.4, -0.2) is 16.4 Å². The number of carbonyl (C=O) groups excluding carboxylic acids is 1. The lowest BCUT2D eigenvalue weighted by molar-refractivity contribution is 0.112. The maximum Gasteiger partial charge on any atom is 0.175 e. The third-order valence-electron chi connectivity index (χ3n) is 1.84. The van der Waals surface area contributed by atoms with Crippen molar-refractivity contribution < 1.29 is 9.32 Å². The van der Waals surface area contributed by atoms with E-state index in [1.165, 1.54) is 0 Å². The van der Waals surface area contributed by atoms with Crippen LogP contribution in [0.15, 0.2) is 28.9 Å². The standard InChI is InChI=1S/C10H9N3O2/c1-7-5-9(13-15-7)12-10-8(6-14)3-2-4-11-10/h2-6H,1H3,(H,11,12,13). The van der Waals surface area contributed by atoms with Gasteiger partial charge in [0.2, 0.25) is 0 Å². The molecule has 5 nitrogen and oxygen atoms in total. The molecule has 0 aromatic carbocycles. The normalized spacial score (nSPS) is 9.93. The second kappa shape index (κ2) is 3.91. The molecule has 0 atom stereocenters. The van der Waals surface area contributed by atoms with E-state index in [1.807, 2.05) is 0 Å². The number of aromatic nitrogens is 2. The molecule has 2 heterocycles. The first-order valence-corrected chi connectivity index (χ1v) is 4.40. The Morgan fingerprint density at radius 2 is 2.40 bits per heavy atom. The summed E-state index contributed by atoms with van der Waals surface area (Å²) in [6.45, 7) is 1.79. The maximum absolute atomic E-state index is 10.7. The topological polar surface area (TPSA) is 68.0 Å². The molecule has 2 aromatic rings. The van der Waals surface area contributed by atoms with Gasteiger partial charge < -0.3 is 9.84 Å². The number of aldehydes is 1. The Morgan fingerprint density at radius 3 is 3.07 bits per heavy atom. The zero-order chi connectivity index (χ0) is 10.7. The highest BCUT2D eigenvalue weighted by Crippen LogP contribution is 2.16. The molecule has 0 aliphatic rings. The summed E-state index contributed by atoms with van der Waals surface area (Å²) in [5.74, 6) is 1.70. The van der Waals surface area contributed by atoms with Gasteiger partial charge in [-0.2, -0.15) is 0 Å². The van der Waals surface area contributed by atoms with Crippen LogP contribution in [0.1, 0.15) is 16.1 Å². The van der Waals surface area contributed by atoms with Crippen LogP contribution in [-0.2, 0) is 0 Å². The fourth-order valence-corrected chi connectivity index (χ4v) is 1.16. The number of carbonyl (C=O) groups is 1. The number of nitrogens with zero attached hydrogens (tertiary/aromatic N) is 2. The minimum atomic E-state index is 0.473. The fraction of sp³-hybridized carbons (Fsp3) is 0.100. The van der Waals surface area contributed by atoms with Crippen LogP contribution in [0, 0.1) is 6.92 Å². The predicted octanol–water partition coefficient (Wildman–Crippen LogP) is 1.93. The Kier molecular flexibility index (Phi) is 2.45. The van der Waals surface area contributed by atoms with Gasteiger partial charge in [0.25, 0.3) is 0 Å². The van der Waals surface area contributed by atoms with Crippen LogP contribution in [0.4, 0.5) is 11.6 Å². The van der Waals surface area contributed by atoms with Crippen LogP contribution in [0.3, 0.4) is 0 Å². The van der Waals surface area contributed by atoms with E-state index in [0.717, 1.165) is 6.29 Å². The summed E-state index contributed by atoms with van der Waals surface area (Å²) in [5.41, 5.74) is 0.484. The van der Waals surface area contributed by atoms with Crippen molar-refractivity contribution in [3.63, 3.8) is 0 Å². The van der Waals surface area contributed by atoms with Gasteiger partial charge >= 0.3 is 0 Å². The van der Waals surface area contributed by atoms with E-state index in [9.17, 15) is 4.79 Å². The van der Waals surface area contributed by atoms with E-state index in [1.54, 1.807) is 31.3 Å². The average Bonchev–Trinajstić information content (AvgIpc) is 2.65. The zero-order valence-electron chi connectivity index (χ0n) is 8.10. The molecule has 0 fully saturated rings. The Bertz CT molecular complexity index is 479. The van der Waals surface area contributed by atoms with E-state index in [4.69, 9.17) is 4.52 Å². The molecule has 0 radical (unpaired) electrons. The number of rotatable bonds is 3. The smallest absolute Gasteiger partial charge is 0.175 e. The molecule has 0 unspecified atom stereocenters. The molecule has 1 N–H and O–H groups in total. The molecule has 0 saturated carbocycles. The highest BCUT2D eigenvalue weighted by atomic mass is 16.5. The summed E-state index contributed by atoms with van der Waals surface area (Å²) in [7, 11) is 0. The van der Waals surface area contributed by atoms with Crippen molar-refractivity contribution in [1.29, 1.82) is 0 Å². The zero-order valence-corrected chi connectivity index (χ0v) is 8.10. The Labute approximate surface area is 86.1 Å². The van der Waals surface area contributed by atoms with Crippen molar-refractivity contribution in [2.24, 2.45) is 0 Å². The summed E-state index contributed by atoms with van der Waals surface area (Å²) in [5, 5.41) is 6.64. The van der Waals surface area contributed by atoms with Gasteiger partial charge in [-0.15, -0.1) is 0 Å². The summed E-state index contributed by atoms with van der Waals surface area (Å²) >= 11 is 0. The van der Waals surface area contributed by atoms with Gasteiger partial charge in [-0.1, -0.05) is 5.16 Å². The van der Waals surface area contributed by atoms with E-state index >= 15 is 0 Å². The monoisotopic (exact) mass is 203 g/mol. The number of pyridine rings is 1. The Hall–Kier alpha value is -2.17. The first-order chi connectivity index (χ1) is 7.29. The van der Waals surface area contributed by atoms with Gasteiger partial charge in [0.15, 0.2) is 12.1 Å². The van der Waals surface area contributed by atoms with Crippen LogP contribution in [0.5, 0.6) is 0 Å². The van der Waals surface area contributed by atoms with E-state index in [2.05, 4.69) is 15.5 Å². The molecule has 2 rings (SSSR count). The molecule has 15 heavy (non-hydrogen) atoms. The Morgan fingerprint density at radius 1 is 1.53 bits per heavy atom. The van der Waals surface area contributed by atoms with Gasteiger partial charge in [0.05, 0.1) is 5.56 Å². The van der Waals surface area contributed by atoms with Crippen LogP contribution in [0.2, 0.25) is 0 Å². The highest BCUT2D eigenvalue weighted by molar-refractivity contribution is 5.83. The molecule has 0 spiro atoms. The molecule has 0 amide bonds. The molecule has 0 bridgehead atoms. The summed E-state index contributed by atoms with van der Waals surface area (Å²) in [6, 6.07) is 5.10. The second-order valence-electron chi connectivity index (χ2n) is 3.01. The van der Waals surface area contributed by atoms with Gasteiger partial charge in [-0.3, -0.25) is 4.79 Å². The number of nitrogens with one attached hydrogen (secondary N) is 1. The second-order valence-corrected chi connectivity index (χ2v) is 3.01. The van der Waals surface area contributed by atoms with Crippen molar-refractivity contribution in [3.8, 4) is 0 Å². The average molecular weight is 203 g/mol. The number of anilines is 2. The summed E-state index contributed by atoms with van der Waals surface area (Å²) in [6.07, 6.45) is 2.34. The van der Waals surface area contributed by atoms with Crippen molar-refractivity contribution in [3.05, 3.63) is 35.7 Å². The molecule has 0 saturated heterocycles. The molecule has 76 valence electrons. The fourth-order valence-electron chi connectivity index (χ4n) is 1.16. The summed E-state index contributed by atoms with van der Waals surface area (Å²) < 4.78 is 4.88. The van der Waals surface area contributed by atoms with E-state index in [0.29, 0.717) is 23.0 Å². The molecular weight excluding hydrogens is 194 g/mol. The molecule has 5 heteroatoms. The van der Waals surface area contributed by atoms with Crippen molar-refractivity contribution >= 4 is 17.9 Å². The third-order valence-corrected chi connectivity index (χ3v) is 1.84. The van der Waals surface area contributed by atoms with Gasteiger partial charge in [-0.05, 0) is 19.1 Å². The van der Waals surface area contributed by atoms with Gasteiger partial charge in [0, 0.05) is 12.3 Å². The predicted molar refractivity (Wildman–Crippen MR) is 54.1 cm³/mol. The lowest BCUT2D eigenvalue weighted by atomic mass is 10.3. The van der Waals surface area contributed by atoms with Crippen molar-refractivity contribution in [1.82, 2.24) is 10.1 Å². The molecule has 0 aliphatic heterocycles. The van der Waals surface area contributed by atoms with Crippen LogP contribution >= 0.6 is 0 Å². The van der Waals surface area contributed by atoms with Gasteiger partial charge in [0.1, 0.15) is 11.6 Å². The molecule has 2 aromatic heterocycles. The SMILES string of the molecule is Cc1cc(Nc2ncccc2C=O)no1. The minimum absolute atomic E-state index is 0.473. The summed E-state index contributed by atoms with van der Waals surface area (Å²) in [4.78, 5) is 14.7. The van der Waals surface area contributed by atoms with Crippen LogP contribution in [0.25, 0.3) is 0 Å². The van der Waals surface area contributed by atoms with E-state index in [-0.39, 0.29) is 0 Å². The lowest BCUT2D eigenvalue weighted by Crippen LogP contribution is -1.97. The van der Waals surface area contributed by atoms with E-state index < -0.39 is 0 Å². The minimum Gasteiger partial charge on any atom is -0.360 e. The van der Waals surface area contributed by atoms with Crippen LogP contribution < -0.4 is 5.32 Å². The quantitative estimate of drug-likeness (QED) is 0.772. The van der Waals surface area contributed by atoms with Crippen molar-refractivity contribution in [2.75, 3.05) is 5.32 Å². The third kappa shape index (κ3) is 2.01. The maximum atomic E-state index is 10.7. The number of hydrogen-bond donors (Lipinski definition) is 1. The first kappa shape index (κ1) is 9.39. The lowest BCUT2D eigenvalue weighted by Gasteiger charge is -2.02. The largest absolute Gasteiger partial charge is 0.360 e. The molecular formula is C10H9N3O2.